The van der Waals surface area contributed by atoms with Crippen LogP contribution >= 0.6 is 34.5 Å². The molecule has 0 aliphatic rings. The van der Waals surface area contributed by atoms with Gasteiger partial charge in [0.2, 0.25) is 0 Å². The van der Waals surface area contributed by atoms with E-state index in [4.69, 9.17) is 33.0 Å². The van der Waals surface area contributed by atoms with Crippen molar-refractivity contribution in [1.29, 1.82) is 0 Å². The molecule has 0 saturated heterocycles. The van der Waals surface area contributed by atoms with Gasteiger partial charge in [0.25, 0.3) is 10.0 Å². The molecule has 1 aromatic carbocycles. The van der Waals surface area contributed by atoms with Crippen LogP contribution in [-0.4, -0.2) is 37.8 Å². The molecule has 11 heteroatoms. The van der Waals surface area contributed by atoms with Crippen molar-refractivity contribution in [2.45, 2.75) is 10.6 Å². The molecular weight excluding hydrogens is 413 g/mol. The van der Waals surface area contributed by atoms with Crippen LogP contribution in [0.25, 0.3) is 0 Å². The number of hydrogen-bond donors (Lipinski definition) is 3. The molecule has 2 aromatic rings. The Bertz CT molecular complexity index is 862. The van der Waals surface area contributed by atoms with Crippen molar-refractivity contribution in [3.63, 3.8) is 0 Å². The summed E-state index contributed by atoms with van der Waals surface area (Å²) in [6, 6.07) is 4.82. The highest BCUT2D eigenvalue weighted by molar-refractivity contribution is 7.94. The fourth-order valence-electron chi connectivity index (χ4n) is 1.74. The van der Waals surface area contributed by atoms with Crippen LogP contribution < -0.4 is 4.72 Å². The topological polar surface area (TPSA) is 113 Å². The van der Waals surface area contributed by atoms with Crippen molar-refractivity contribution in [1.82, 2.24) is 0 Å². The summed E-state index contributed by atoms with van der Waals surface area (Å²) in [5.74, 6) is -1.23. The minimum absolute atomic E-state index is 0.00303. The second-order valence-electron chi connectivity index (χ2n) is 4.74. The number of ether oxygens (including phenoxy) is 1. The molecule has 0 bridgehead atoms. The van der Waals surface area contributed by atoms with E-state index >= 15 is 0 Å². The third-order valence-electron chi connectivity index (χ3n) is 2.89. The van der Waals surface area contributed by atoms with Crippen molar-refractivity contribution in [2.75, 3.05) is 17.9 Å². The number of benzene rings is 1. The molecule has 0 aliphatic carbocycles. The van der Waals surface area contributed by atoms with Gasteiger partial charge < -0.3 is 14.9 Å². The fourth-order valence-corrected chi connectivity index (χ4v) is 4.67. The largest absolute Gasteiger partial charge is 0.507 e. The smallest absolute Gasteiger partial charge is 0.341 e. The van der Waals surface area contributed by atoms with Crippen LogP contribution in [0.2, 0.25) is 9.36 Å². The Hall–Kier alpha value is -1.52. The van der Waals surface area contributed by atoms with Gasteiger partial charge in [-0.3, -0.25) is 4.72 Å². The highest BCUT2D eigenvalue weighted by Gasteiger charge is 2.20. The highest BCUT2D eigenvalue weighted by atomic mass is 35.5. The van der Waals surface area contributed by atoms with E-state index in [2.05, 4.69) is 4.72 Å². The van der Waals surface area contributed by atoms with Crippen molar-refractivity contribution in [3.05, 3.63) is 39.2 Å². The minimum Gasteiger partial charge on any atom is -0.507 e. The SMILES string of the molecule is O=C(OCCCO)c1ccc(NS(=O)(=O)c2cc(Cl)c(Cl)s2)cc1O. The molecule has 3 N–H and O–H groups in total. The molecule has 1 heterocycles. The molecule has 0 unspecified atom stereocenters. The van der Waals surface area contributed by atoms with E-state index in [0.717, 1.165) is 17.4 Å². The summed E-state index contributed by atoms with van der Waals surface area (Å²) in [5, 5.41) is 18.7. The standard InChI is InChI=1S/C14H13Cl2NO6S2/c15-10-7-12(24-13(10)16)25(21,22)17-8-2-3-9(11(19)6-8)14(20)23-5-1-4-18/h2-3,6-7,17-19H,1,4-5H2. The van der Waals surface area contributed by atoms with Gasteiger partial charge in [0.1, 0.15) is 19.9 Å². The molecule has 2 rings (SSSR count). The van der Waals surface area contributed by atoms with Gasteiger partial charge in [0.05, 0.1) is 17.3 Å². The van der Waals surface area contributed by atoms with Crippen molar-refractivity contribution < 1.29 is 28.2 Å². The Kier molecular flexibility index (Phi) is 6.53. The van der Waals surface area contributed by atoms with Gasteiger partial charge in [-0.1, -0.05) is 23.2 Å². The number of halogens is 2. The van der Waals surface area contributed by atoms with Crippen molar-refractivity contribution in [3.8, 4) is 5.75 Å². The Morgan fingerprint density at radius 2 is 2.00 bits per heavy atom. The van der Waals surface area contributed by atoms with Crippen LogP contribution in [0, 0.1) is 0 Å². The average Bonchev–Trinajstić information content (AvgIpc) is 2.87. The van der Waals surface area contributed by atoms with E-state index in [1.54, 1.807) is 0 Å². The Morgan fingerprint density at radius 1 is 1.28 bits per heavy atom. The lowest BCUT2D eigenvalue weighted by molar-refractivity contribution is 0.0479. The zero-order valence-corrected chi connectivity index (χ0v) is 15.7. The molecule has 0 atom stereocenters. The number of sulfonamides is 1. The third kappa shape index (κ3) is 4.99. The Balaban J connectivity index is 2.16. The third-order valence-corrected chi connectivity index (χ3v) is 6.61. The molecule has 0 amide bonds. The number of carbonyl (C=O) groups is 1. The molecule has 0 saturated carbocycles. The molecule has 0 fully saturated rings. The Morgan fingerprint density at radius 3 is 2.56 bits per heavy atom. The number of hydrogen-bond acceptors (Lipinski definition) is 7. The average molecular weight is 426 g/mol. The van der Waals surface area contributed by atoms with Gasteiger partial charge in [-0.25, -0.2) is 13.2 Å². The molecule has 0 aliphatic heterocycles. The normalized spacial score (nSPS) is 11.3. The van der Waals surface area contributed by atoms with E-state index < -0.39 is 21.7 Å². The number of aliphatic hydroxyl groups is 1. The quantitative estimate of drug-likeness (QED) is 0.463. The molecule has 0 spiro atoms. The summed E-state index contributed by atoms with van der Waals surface area (Å²) in [4.78, 5) is 11.8. The Labute approximate surface area is 157 Å². The first-order chi connectivity index (χ1) is 11.7. The summed E-state index contributed by atoms with van der Waals surface area (Å²) < 4.78 is 31.7. The van der Waals surface area contributed by atoms with E-state index in [0.29, 0.717) is 0 Å². The lowest BCUT2D eigenvalue weighted by atomic mass is 10.2. The maximum absolute atomic E-state index is 12.3. The van der Waals surface area contributed by atoms with Gasteiger partial charge >= 0.3 is 5.97 Å². The van der Waals surface area contributed by atoms with Crippen LogP contribution in [0.15, 0.2) is 28.5 Å². The van der Waals surface area contributed by atoms with Crippen LogP contribution in [0.3, 0.4) is 0 Å². The summed E-state index contributed by atoms with van der Waals surface area (Å²) in [5.41, 5.74) is -0.0758. The highest BCUT2D eigenvalue weighted by Crippen LogP contribution is 2.35. The maximum atomic E-state index is 12.3. The second-order valence-corrected chi connectivity index (χ2v) is 8.71. The van der Waals surface area contributed by atoms with Crippen LogP contribution in [0.1, 0.15) is 16.8 Å². The summed E-state index contributed by atoms with van der Waals surface area (Å²) in [6.07, 6.45) is 0.274. The number of nitrogens with one attached hydrogen (secondary N) is 1. The van der Waals surface area contributed by atoms with E-state index in [-0.39, 0.29) is 44.5 Å². The lowest BCUT2D eigenvalue weighted by Crippen LogP contribution is -2.12. The maximum Gasteiger partial charge on any atom is 0.341 e. The van der Waals surface area contributed by atoms with Crippen LogP contribution in [-0.2, 0) is 14.8 Å². The second kappa shape index (κ2) is 8.24. The summed E-state index contributed by atoms with van der Waals surface area (Å²) in [7, 11) is -3.94. The van der Waals surface area contributed by atoms with Gasteiger partial charge in [0, 0.05) is 19.1 Å². The number of rotatable bonds is 7. The molecule has 1 aromatic heterocycles. The summed E-state index contributed by atoms with van der Waals surface area (Å²) >= 11 is 12.3. The van der Waals surface area contributed by atoms with E-state index in [1.165, 1.54) is 18.2 Å². The number of phenols is 1. The zero-order chi connectivity index (χ0) is 18.6. The van der Waals surface area contributed by atoms with Crippen LogP contribution in [0.5, 0.6) is 5.75 Å². The zero-order valence-electron chi connectivity index (χ0n) is 12.5. The first kappa shape index (κ1) is 19.8. The number of aromatic hydroxyl groups is 1. The molecule has 25 heavy (non-hydrogen) atoms. The predicted octanol–water partition coefficient (Wildman–Crippen LogP) is 3.10. The van der Waals surface area contributed by atoms with Crippen molar-refractivity contribution in [2.24, 2.45) is 0 Å². The molecule has 7 nitrogen and oxygen atoms in total. The summed E-state index contributed by atoms with van der Waals surface area (Å²) in [6.45, 7) is -0.125. The van der Waals surface area contributed by atoms with Gasteiger partial charge in [-0.05, 0) is 18.2 Å². The fraction of sp³-hybridized carbons (Fsp3) is 0.214. The van der Waals surface area contributed by atoms with E-state index in [1.807, 2.05) is 0 Å². The number of anilines is 1. The monoisotopic (exact) mass is 425 g/mol. The predicted molar refractivity (Wildman–Crippen MR) is 95.2 cm³/mol. The van der Waals surface area contributed by atoms with Gasteiger partial charge in [0.15, 0.2) is 0 Å². The first-order valence-corrected chi connectivity index (χ1v) is 9.89. The molecule has 136 valence electrons. The van der Waals surface area contributed by atoms with E-state index in [9.17, 15) is 18.3 Å². The molecule has 0 radical (unpaired) electrons. The molecular formula is C14H13Cl2NO6S2. The number of aliphatic hydroxyl groups excluding tert-OH is 1. The van der Waals surface area contributed by atoms with Gasteiger partial charge in [-0.15, -0.1) is 11.3 Å². The van der Waals surface area contributed by atoms with Crippen LogP contribution in [0.4, 0.5) is 5.69 Å². The van der Waals surface area contributed by atoms with Gasteiger partial charge in [-0.2, -0.15) is 0 Å². The van der Waals surface area contributed by atoms with Crippen molar-refractivity contribution >= 4 is 56.2 Å². The number of phenolic OH excluding ortho intramolecular Hbond substituents is 1. The number of thiophene rings is 1. The first-order valence-electron chi connectivity index (χ1n) is 6.83. The number of carbonyl (C=O) groups excluding carboxylic acids is 1. The number of esters is 1. The minimum atomic E-state index is -3.94. The lowest BCUT2D eigenvalue weighted by Gasteiger charge is -2.09.